The fraction of sp³-hybridized carbons (Fsp3) is 1.00. The minimum absolute atomic E-state index is 0.0185. The molecular weight excluding hydrogens is 401 g/mol. The molecule has 0 radical (unpaired) electrons. The highest BCUT2D eigenvalue weighted by Crippen LogP contribution is 2.64. The third-order valence-electron chi connectivity index (χ3n) is 8.61. The molecule has 0 aromatic heterocycles. The molecule has 2 rings (SSSR count). The van der Waals surface area contributed by atoms with Crippen molar-refractivity contribution in [2.24, 2.45) is 17.8 Å². The Balaban J connectivity index is 2.39. The lowest BCUT2D eigenvalue weighted by molar-refractivity contribution is -0.0298. The van der Waals surface area contributed by atoms with Crippen LogP contribution in [0.2, 0.25) is 0 Å². The van der Waals surface area contributed by atoms with Crippen LogP contribution in [0.25, 0.3) is 0 Å². The van der Waals surface area contributed by atoms with Crippen molar-refractivity contribution < 1.29 is 23.5 Å². The van der Waals surface area contributed by atoms with Gasteiger partial charge in [0.25, 0.3) is 0 Å². The van der Waals surface area contributed by atoms with E-state index in [1.807, 2.05) is 13.7 Å². The minimum Gasteiger partial charge on any atom is -0.382 e. The molecule has 2 saturated heterocycles. The summed E-state index contributed by atoms with van der Waals surface area (Å²) >= 11 is 0. The first-order valence-corrected chi connectivity index (χ1v) is 13.4. The van der Waals surface area contributed by atoms with Gasteiger partial charge in [0.15, 0.2) is 7.29 Å². The van der Waals surface area contributed by atoms with Crippen molar-refractivity contribution in [3.63, 3.8) is 0 Å². The van der Waals surface area contributed by atoms with Gasteiger partial charge in [-0.15, -0.1) is 0 Å². The Morgan fingerprint density at radius 1 is 0.967 bits per heavy atom. The molecule has 0 N–H and O–H groups in total. The molecule has 2 fully saturated rings. The molecule has 178 valence electrons. The lowest BCUT2D eigenvalue weighted by Gasteiger charge is -2.51. The highest BCUT2D eigenvalue weighted by molar-refractivity contribution is 7.62. The highest BCUT2D eigenvalue weighted by Gasteiger charge is 2.59. The summed E-state index contributed by atoms with van der Waals surface area (Å²) in [6, 6.07) is 0. The molecule has 2 heterocycles. The molecule has 0 aromatic carbocycles. The molecule has 2 aliphatic rings. The van der Waals surface area contributed by atoms with Gasteiger partial charge < -0.3 is 23.5 Å². The molecule has 0 saturated carbocycles. The van der Waals surface area contributed by atoms with Crippen LogP contribution in [0, 0.1) is 17.8 Å². The Bertz CT molecular complexity index is 639. The van der Waals surface area contributed by atoms with Crippen molar-refractivity contribution in [2.45, 2.75) is 96.6 Å². The van der Waals surface area contributed by atoms with Crippen LogP contribution in [0.3, 0.4) is 0 Å². The summed E-state index contributed by atoms with van der Waals surface area (Å²) in [7, 11) is 2.57. The standard InChI is InChI=1S/C23H46NO5P/c1-14-16(3)28-18(13-26-10)19(14)22(5,6)24(9)30(12,25)23(7,8)21-20(27-11)15(2)17(4)29-21/h14-21H,13H2,1-12H3/t14-,15-,16-,17-,18+,19?,20?,21?,30?/m0/s1. The summed E-state index contributed by atoms with van der Waals surface area (Å²) in [6.45, 7) is 19.6. The Morgan fingerprint density at radius 3 is 2.00 bits per heavy atom. The molecule has 30 heavy (non-hydrogen) atoms. The molecule has 4 unspecified atom stereocenters. The third-order valence-corrected chi connectivity index (χ3v) is 12.7. The summed E-state index contributed by atoms with van der Waals surface area (Å²) < 4.78 is 40.6. The van der Waals surface area contributed by atoms with Gasteiger partial charge in [-0.05, 0) is 54.5 Å². The molecule has 9 atom stereocenters. The minimum atomic E-state index is -2.87. The SMILES string of the molecule is COC[C@H]1O[C@@H](C)[C@H](C)C1C(C)(C)N(C)P(C)(=O)C(C)(C)C1O[C@@H](C)[C@H](C)C1OC. The van der Waals surface area contributed by atoms with Gasteiger partial charge in [0.2, 0.25) is 0 Å². The molecule has 0 aliphatic carbocycles. The zero-order chi connectivity index (χ0) is 23.2. The second-order valence-corrected chi connectivity index (χ2v) is 14.3. The van der Waals surface area contributed by atoms with Crippen molar-refractivity contribution in [3.8, 4) is 0 Å². The first-order chi connectivity index (χ1) is 13.7. The van der Waals surface area contributed by atoms with Gasteiger partial charge in [-0.3, -0.25) is 4.67 Å². The Labute approximate surface area is 184 Å². The van der Waals surface area contributed by atoms with Crippen LogP contribution in [0.5, 0.6) is 0 Å². The van der Waals surface area contributed by atoms with Crippen LogP contribution >= 0.6 is 7.29 Å². The largest absolute Gasteiger partial charge is 0.382 e. The lowest BCUT2D eigenvalue weighted by Crippen LogP contribution is -2.55. The number of hydrogen-bond acceptors (Lipinski definition) is 5. The van der Waals surface area contributed by atoms with E-state index in [4.69, 9.17) is 18.9 Å². The average Bonchev–Trinajstić information content (AvgIpc) is 3.10. The molecule has 2 aliphatic heterocycles. The van der Waals surface area contributed by atoms with Gasteiger partial charge in [-0.2, -0.15) is 0 Å². The molecule has 6 nitrogen and oxygen atoms in total. The average molecular weight is 448 g/mol. The summed E-state index contributed by atoms with van der Waals surface area (Å²) in [6.07, 6.45) is -0.102. The monoisotopic (exact) mass is 447 g/mol. The number of rotatable bonds is 8. The van der Waals surface area contributed by atoms with E-state index < -0.39 is 12.4 Å². The van der Waals surface area contributed by atoms with Gasteiger partial charge in [0.05, 0.1) is 42.3 Å². The number of ether oxygens (including phenoxy) is 4. The van der Waals surface area contributed by atoms with Crippen molar-refractivity contribution in [2.75, 3.05) is 34.5 Å². The molecule has 0 spiro atoms. The van der Waals surface area contributed by atoms with Crippen molar-refractivity contribution in [1.29, 1.82) is 0 Å². The fourth-order valence-corrected chi connectivity index (χ4v) is 8.30. The molecule has 0 aromatic rings. The van der Waals surface area contributed by atoms with Crippen molar-refractivity contribution >= 4 is 7.29 Å². The smallest absolute Gasteiger partial charge is 0.155 e. The predicted octanol–water partition coefficient (Wildman–Crippen LogP) is 4.51. The van der Waals surface area contributed by atoms with E-state index in [2.05, 4.69) is 60.1 Å². The molecule has 0 bridgehead atoms. The van der Waals surface area contributed by atoms with Crippen LogP contribution < -0.4 is 0 Å². The van der Waals surface area contributed by atoms with Crippen molar-refractivity contribution in [3.05, 3.63) is 0 Å². The number of nitrogens with zero attached hydrogens (tertiary/aromatic N) is 1. The van der Waals surface area contributed by atoms with Crippen LogP contribution in [0.1, 0.15) is 55.4 Å². The van der Waals surface area contributed by atoms with Gasteiger partial charge in [-0.1, -0.05) is 13.8 Å². The van der Waals surface area contributed by atoms with Gasteiger partial charge in [-0.25, -0.2) is 0 Å². The number of hydrogen-bond donors (Lipinski definition) is 0. The lowest BCUT2D eigenvalue weighted by atomic mass is 9.75. The van der Waals surface area contributed by atoms with Gasteiger partial charge in [0, 0.05) is 38.3 Å². The van der Waals surface area contributed by atoms with Crippen LogP contribution in [-0.2, 0) is 23.5 Å². The Hall–Kier alpha value is 0.0300. The third kappa shape index (κ3) is 4.18. The quantitative estimate of drug-likeness (QED) is 0.511. The Kier molecular flexibility index (Phi) is 7.98. The molecular formula is C23H46NO5P. The van der Waals surface area contributed by atoms with Gasteiger partial charge in [0.1, 0.15) is 0 Å². The van der Waals surface area contributed by atoms with E-state index in [0.717, 1.165) is 0 Å². The second kappa shape index (κ2) is 9.11. The van der Waals surface area contributed by atoms with E-state index in [-0.39, 0.29) is 47.9 Å². The van der Waals surface area contributed by atoms with Crippen LogP contribution in [0.4, 0.5) is 0 Å². The van der Waals surface area contributed by atoms with Gasteiger partial charge >= 0.3 is 0 Å². The van der Waals surface area contributed by atoms with E-state index in [0.29, 0.717) is 12.5 Å². The maximum Gasteiger partial charge on any atom is 0.155 e. The summed E-state index contributed by atoms with van der Waals surface area (Å²) in [5.41, 5.74) is -0.354. The van der Waals surface area contributed by atoms with Crippen molar-refractivity contribution in [1.82, 2.24) is 4.67 Å². The Morgan fingerprint density at radius 2 is 1.50 bits per heavy atom. The van der Waals surface area contributed by atoms with E-state index in [9.17, 15) is 4.57 Å². The summed E-state index contributed by atoms with van der Waals surface area (Å²) in [5, 5.41) is -0.580. The predicted molar refractivity (Wildman–Crippen MR) is 123 cm³/mol. The zero-order valence-corrected chi connectivity index (χ0v) is 22.2. The highest BCUT2D eigenvalue weighted by atomic mass is 31.2. The van der Waals surface area contributed by atoms with Crippen LogP contribution in [-0.4, -0.2) is 80.4 Å². The maximum atomic E-state index is 14.6. The van der Waals surface area contributed by atoms with E-state index >= 15 is 0 Å². The molecule has 7 heteroatoms. The van der Waals surface area contributed by atoms with E-state index in [1.54, 1.807) is 14.2 Å². The molecule has 0 amide bonds. The second-order valence-electron chi connectivity index (χ2n) is 10.8. The topological polar surface area (TPSA) is 57.2 Å². The first kappa shape index (κ1) is 26.3. The fourth-order valence-electron chi connectivity index (χ4n) is 5.73. The summed E-state index contributed by atoms with van der Waals surface area (Å²) in [5.74, 6) is 0.787. The number of methoxy groups -OCH3 is 2. The summed E-state index contributed by atoms with van der Waals surface area (Å²) in [4.78, 5) is 0. The normalized spacial score (nSPS) is 40.2. The van der Waals surface area contributed by atoms with E-state index in [1.165, 1.54) is 0 Å². The van der Waals surface area contributed by atoms with Crippen LogP contribution in [0.15, 0.2) is 0 Å². The zero-order valence-electron chi connectivity index (χ0n) is 21.3. The maximum absolute atomic E-state index is 14.6. The first-order valence-electron chi connectivity index (χ1n) is 11.3.